The van der Waals surface area contributed by atoms with Crippen LogP contribution in [0, 0.1) is 11.3 Å². The second-order valence-corrected chi connectivity index (χ2v) is 3.22. The number of hydrogen-bond donors (Lipinski definition) is 1. The molecular formula is C9H6ClN3O. The molecule has 0 aliphatic rings. The second-order valence-electron chi connectivity index (χ2n) is 2.81. The van der Waals surface area contributed by atoms with Crippen molar-refractivity contribution < 1.29 is 0 Å². The van der Waals surface area contributed by atoms with E-state index < -0.39 is 0 Å². The summed E-state index contributed by atoms with van der Waals surface area (Å²) >= 11 is 5.88. The van der Waals surface area contributed by atoms with Crippen molar-refractivity contribution in [1.82, 2.24) is 9.55 Å². The monoisotopic (exact) mass is 207 g/mol. The van der Waals surface area contributed by atoms with Crippen LogP contribution in [0.25, 0.3) is 11.0 Å². The fourth-order valence-electron chi connectivity index (χ4n) is 1.37. The Morgan fingerprint density at radius 1 is 1.57 bits per heavy atom. The van der Waals surface area contributed by atoms with Crippen molar-refractivity contribution in [2.24, 2.45) is 0 Å². The Kier molecular flexibility index (Phi) is 2.02. The lowest BCUT2D eigenvalue weighted by Gasteiger charge is -1.95. The number of aromatic nitrogens is 2. The molecule has 0 atom stereocenters. The van der Waals surface area contributed by atoms with E-state index in [9.17, 15) is 4.79 Å². The van der Waals surface area contributed by atoms with E-state index in [1.807, 2.05) is 6.07 Å². The van der Waals surface area contributed by atoms with Crippen LogP contribution in [-0.2, 0) is 6.54 Å². The maximum absolute atomic E-state index is 11.4. The predicted molar refractivity (Wildman–Crippen MR) is 53.2 cm³/mol. The highest BCUT2D eigenvalue weighted by Gasteiger charge is 2.07. The van der Waals surface area contributed by atoms with Gasteiger partial charge < -0.3 is 4.98 Å². The van der Waals surface area contributed by atoms with Crippen molar-refractivity contribution in [2.75, 3.05) is 0 Å². The van der Waals surface area contributed by atoms with Crippen LogP contribution in [0.2, 0.25) is 5.02 Å². The van der Waals surface area contributed by atoms with Gasteiger partial charge in [0.15, 0.2) is 0 Å². The number of benzene rings is 1. The number of nitrogens with zero attached hydrogens (tertiary/aromatic N) is 2. The third-order valence-electron chi connectivity index (χ3n) is 1.99. The van der Waals surface area contributed by atoms with Crippen LogP contribution in [0.15, 0.2) is 23.0 Å². The molecule has 0 spiro atoms. The van der Waals surface area contributed by atoms with Crippen molar-refractivity contribution in [3.05, 3.63) is 33.7 Å². The fraction of sp³-hybridized carbons (Fsp3) is 0.111. The first-order valence-electron chi connectivity index (χ1n) is 3.98. The molecule has 70 valence electrons. The fourth-order valence-corrected chi connectivity index (χ4v) is 1.59. The summed E-state index contributed by atoms with van der Waals surface area (Å²) in [5.74, 6) is 0. The lowest BCUT2D eigenvalue weighted by atomic mass is 10.3. The van der Waals surface area contributed by atoms with Gasteiger partial charge in [-0.05, 0) is 12.1 Å². The summed E-state index contributed by atoms with van der Waals surface area (Å²) in [5, 5.41) is 9.02. The van der Waals surface area contributed by atoms with Gasteiger partial charge in [-0.3, -0.25) is 4.57 Å². The highest BCUT2D eigenvalue weighted by molar-refractivity contribution is 6.34. The molecule has 14 heavy (non-hydrogen) atoms. The first kappa shape index (κ1) is 8.85. The molecule has 1 aromatic carbocycles. The minimum absolute atomic E-state index is 0.0270. The van der Waals surface area contributed by atoms with Gasteiger partial charge in [-0.25, -0.2) is 4.79 Å². The number of rotatable bonds is 1. The highest BCUT2D eigenvalue weighted by Crippen LogP contribution is 2.19. The number of imidazole rings is 1. The quantitative estimate of drug-likeness (QED) is 0.771. The molecule has 0 saturated carbocycles. The van der Waals surface area contributed by atoms with Crippen LogP contribution < -0.4 is 5.69 Å². The van der Waals surface area contributed by atoms with E-state index in [1.54, 1.807) is 18.2 Å². The maximum Gasteiger partial charge on any atom is 0.327 e. The predicted octanol–water partition coefficient (Wildman–Crippen LogP) is 1.51. The van der Waals surface area contributed by atoms with Crippen LogP contribution in [0.3, 0.4) is 0 Å². The Hall–Kier alpha value is -1.73. The van der Waals surface area contributed by atoms with Crippen LogP contribution in [0.4, 0.5) is 0 Å². The minimum Gasteiger partial charge on any atom is -0.304 e. The van der Waals surface area contributed by atoms with Gasteiger partial charge in [-0.15, -0.1) is 0 Å². The first-order chi connectivity index (χ1) is 6.74. The number of H-pyrrole nitrogens is 1. The SMILES string of the molecule is N#CCn1c(=O)[nH]c2c(Cl)cccc21. The average Bonchev–Trinajstić information content (AvgIpc) is 2.47. The van der Waals surface area contributed by atoms with Crippen molar-refractivity contribution in [1.29, 1.82) is 5.26 Å². The van der Waals surface area contributed by atoms with Crippen LogP contribution in [0.5, 0.6) is 0 Å². The number of fused-ring (bicyclic) bond motifs is 1. The molecule has 0 aliphatic carbocycles. The van der Waals surface area contributed by atoms with E-state index in [1.165, 1.54) is 4.57 Å². The summed E-state index contributed by atoms with van der Waals surface area (Å²) in [6.07, 6.45) is 0. The van der Waals surface area contributed by atoms with Crippen LogP contribution in [0.1, 0.15) is 0 Å². The molecule has 0 unspecified atom stereocenters. The van der Waals surface area contributed by atoms with E-state index in [0.29, 0.717) is 16.1 Å². The number of halogens is 1. The van der Waals surface area contributed by atoms with Gasteiger partial charge >= 0.3 is 5.69 Å². The second kappa shape index (κ2) is 3.20. The summed E-state index contributed by atoms with van der Waals surface area (Å²) in [6.45, 7) is 0.0270. The van der Waals surface area contributed by atoms with Crippen molar-refractivity contribution in [2.45, 2.75) is 6.54 Å². The van der Waals surface area contributed by atoms with E-state index in [-0.39, 0.29) is 12.2 Å². The first-order valence-corrected chi connectivity index (χ1v) is 4.36. The number of aromatic amines is 1. The van der Waals surface area contributed by atoms with Gasteiger partial charge in [0, 0.05) is 0 Å². The number of hydrogen-bond acceptors (Lipinski definition) is 2. The summed E-state index contributed by atoms with van der Waals surface area (Å²) in [6, 6.07) is 7.10. The van der Waals surface area contributed by atoms with Gasteiger partial charge in [0.25, 0.3) is 0 Å². The molecule has 0 amide bonds. The lowest BCUT2D eigenvalue weighted by Crippen LogP contribution is -2.15. The number of nitrogens with one attached hydrogen (secondary N) is 1. The van der Waals surface area contributed by atoms with E-state index >= 15 is 0 Å². The van der Waals surface area contributed by atoms with Gasteiger partial charge in [0.1, 0.15) is 6.54 Å². The number of para-hydroxylation sites is 1. The smallest absolute Gasteiger partial charge is 0.304 e. The average molecular weight is 208 g/mol. The molecule has 0 radical (unpaired) electrons. The molecule has 5 heteroatoms. The Labute approximate surface area is 84.3 Å². The van der Waals surface area contributed by atoms with Gasteiger partial charge in [-0.1, -0.05) is 17.7 Å². The highest BCUT2D eigenvalue weighted by atomic mass is 35.5. The minimum atomic E-state index is -0.311. The largest absolute Gasteiger partial charge is 0.327 e. The molecule has 1 N–H and O–H groups in total. The Bertz CT molecular complexity index is 576. The Morgan fingerprint density at radius 3 is 3.07 bits per heavy atom. The van der Waals surface area contributed by atoms with Crippen molar-refractivity contribution >= 4 is 22.6 Å². The van der Waals surface area contributed by atoms with E-state index in [4.69, 9.17) is 16.9 Å². The molecule has 1 heterocycles. The Morgan fingerprint density at radius 2 is 2.36 bits per heavy atom. The zero-order valence-corrected chi connectivity index (χ0v) is 7.88. The van der Waals surface area contributed by atoms with Crippen LogP contribution >= 0.6 is 11.6 Å². The molecule has 1 aromatic heterocycles. The molecular weight excluding hydrogens is 202 g/mol. The summed E-state index contributed by atoms with van der Waals surface area (Å²) < 4.78 is 1.35. The van der Waals surface area contributed by atoms with Gasteiger partial charge in [0.05, 0.1) is 22.1 Å². The summed E-state index contributed by atoms with van der Waals surface area (Å²) in [5.41, 5.74) is 0.924. The lowest BCUT2D eigenvalue weighted by molar-refractivity contribution is 0.817. The maximum atomic E-state index is 11.4. The molecule has 4 nitrogen and oxygen atoms in total. The van der Waals surface area contributed by atoms with E-state index in [2.05, 4.69) is 4.98 Å². The normalized spacial score (nSPS) is 10.3. The van der Waals surface area contributed by atoms with E-state index in [0.717, 1.165) is 0 Å². The molecule has 0 aliphatic heterocycles. The van der Waals surface area contributed by atoms with Crippen LogP contribution in [-0.4, -0.2) is 9.55 Å². The molecule has 0 saturated heterocycles. The topological polar surface area (TPSA) is 61.6 Å². The standard InChI is InChI=1S/C9H6ClN3O/c10-6-2-1-3-7-8(6)12-9(14)13(7)5-4-11/h1-3H,5H2,(H,12,14). The van der Waals surface area contributed by atoms with Crippen molar-refractivity contribution in [3.8, 4) is 6.07 Å². The van der Waals surface area contributed by atoms with Gasteiger partial charge in [0.2, 0.25) is 0 Å². The molecule has 0 bridgehead atoms. The summed E-state index contributed by atoms with van der Waals surface area (Å²) in [4.78, 5) is 14.0. The molecule has 2 aromatic rings. The zero-order valence-electron chi connectivity index (χ0n) is 7.12. The molecule has 0 fully saturated rings. The van der Waals surface area contributed by atoms with Gasteiger partial charge in [-0.2, -0.15) is 5.26 Å². The zero-order chi connectivity index (χ0) is 10.1. The van der Waals surface area contributed by atoms with Crippen molar-refractivity contribution in [3.63, 3.8) is 0 Å². The number of nitriles is 1. The third-order valence-corrected chi connectivity index (χ3v) is 2.30. The third kappa shape index (κ3) is 1.19. The Balaban J connectivity index is 2.85. The molecule has 2 rings (SSSR count). The summed E-state index contributed by atoms with van der Waals surface area (Å²) in [7, 11) is 0.